The standard InChI is InChI=1S/C19H16BrNO5/c1-25-17(22)11-16(19(24)26-2)21-15-6-4-3-5-14(15)18(23)12-7-9-13(20)10-8-12/h3-11,21H,1-2H3/b16-11+. The summed E-state index contributed by atoms with van der Waals surface area (Å²) in [6.45, 7) is 0. The molecule has 0 heterocycles. The lowest BCUT2D eigenvalue weighted by molar-refractivity contribution is -0.138. The van der Waals surface area contributed by atoms with Gasteiger partial charge >= 0.3 is 11.9 Å². The molecule has 134 valence electrons. The van der Waals surface area contributed by atoms with Gasteiger partial charge in [0.2, 0.25) is 0 Å². The predicted octanol–water partition coefficient (Wildman–Crippen LogP) is 3.32. The van der Waals surface area contributed by atoms with Crippen molar-refractivity contribution in [3.8, 4) is 0 Å². The number of rotatable bonds is 6. The molecule has 6 nitrogen and oxygen atoms in total. The fourth-order valence-corrected chi connectivity index (χ4v) is 2.39. The lowest BCUT2D eigenvalue weighted by Crippen LogP contribution is -2.17. The van der Waals surface area contributed by atoms with Crippen molar-refractivity contribution in [1.82, 2.24) is 0 Å². The van der Waals surface area contributed by atoms with Gasteiger partial charge in [0.25, 0.3) is 0 Å². The number of halogens is 1. The van der Waals surface area contributed by atoms with E-state index in [0.29, 0.717) is 16.8 Å². The van der Waals surface area contributed by atoms with Crippen molar-refractivity contribution in [2.75, 3.05) is 19.5 Å². The second kappa shape index (κ2) is 8.96. The smallest absolute Gasteiger partial charge is 0.354 e. The Labute approximate surface area is 158 Å². The van der Waals surface area contributed by atoms with Gasteiger partial charge in [0.15, 0.2) is 5.78 Å². The molecule has 0 bridgehead atoms. The SMILES string of the molecule is COC(=O)/C=C(/Nc1ccccc1C(=O)c1ccc(Br)cc1)C(=O)OC. The molecule has 1 N–H and O–H groups in total. The Morgan fingerprint density at radius 2 is 1.62 bits per heavy atom. The molecule has 0 spiro atoms. The maximum Gasteiger partial charge on any atom is 0.354 e. The molecule has 0 amide bonds. The van der Waals surface area contributed by atoms with Crippen LogP contribution in [0.3, 0.4) is 0 Å². The van der Waals surface area contributed by atoms with Crippen LogP contribution in [-0.2, 0) is 19.1 Å². The van der Waals surface area contributed by atoms with Crippen molar-refractivity contribution < 1.29 is 23.9 Å². The second-order valence-corrected chi connectivity index (χ2v) is 6.00. The second-order valence-electron chi connectivity index (χ2n) is 5.08. The number of nitrogens with one attached hydrogen (secondary N) is 1. The number of esters is 2. The molecule has 0 fully saturated rings. The molecule has 7 heteroatoms. The van der Waals surface area contributed by atoms with E-state index in [1.54, 1.807) is 48.5 Å². The summed E-state index contributed by atoms with van der Waals surface area (Å²) < 4.78 is 10.1. The first-order valence-electron chi connectivity index (χ1n) is 7.50. The van der Waals surface area contributed by atoms with Crippen LogP contribution >= 0.6 is 15.9 Å². The van der Waals surface area contributed by atoms with E-state index >= 15 is 0 Å². The van der Waals surface area contributed by atoms with E-state index in [0.717, 1.165) is 10.5 Å². The molecule has 0 aliphatic heterocycles. The van der Waals surface area contributed by atoms with Crippen molar-refractivity contribution >= 4 is 39.3 Å². The minimum Gasteiger partial charge on any atom is -0.466 e. The van der Waals surface area contributed by atoms with Crippen LogP contribution in [0.5, 0.6) is 0 Å². The van der Waals surface area contributed by atoms with E-state index in [1.807, 2.05) is 0 Å². The molecule has 0 aromatic heterocycles. The van der Waals surface area contributed by atoms with Gasteiger partial charge in [-0.3, -0.25) is 4.79 Å². The predicted molar refractivity (Wildman–Crippen MR) is 99.8 cm³/mol. The maximum absolute atomic E-state index is 12.8. The Morgan fingerprint density at radius 1 is 0.962 bits per heavy atom. The third-order valence-corrected chi connectivity index (χ3v) is 3.94. The molecule has 0 radical (unpaired) electrons. The summed E-state index contributed by atoms with van der Waals surface area (Å²) in [4.78, 5) is 36.2. The summed E-state index contributed by atoms with van der Waals surface area (Å²) >= 11 is 3.33. The molecular weight excluding hydrogens is 402 g/mol. The Hall–Kier alpha value is -2.93. The number of carbonyl (C=O) groups excluding carboxylic acids is 3. The molecule has 2 aromatic rings. The van der Waals surface area contributed by atoms with E-state index in [2.05, 4.69) is 30.7 Å². The fraction of sp³-hybridized carbons (Fsp3) is 0.105. The van der Waals surface area contributed by atoms with E-state index in [-0.39, 0.29) is 11.5 Å². The number of methoxy groups -OCH3 is 2. The summed E-state index contributed by atoms with van der Waals surface area (Å²) in [5.41, 5.74) is 1.05. The number of anilines is 1. The van der Waals surface area contributed by atoms with Gasteiger partial charge in [-0.2, -0.15) is 0 Å². The number of para-hydroxylation sites is 1. The lowest BCUT2D eigenvalue weighted by atomic mass is 10.0. The lowest BCUT2D eigenvalue weighted by Gasteiger charge is -2.13. The van der Waals surface area contributed by atoms with Crippen LogP contribution < -0.4 is 5.32 Å². The van der Waals surface area contributed by atoms with Gasteiger partial charge in [-0.1, -0.05) is 28.1 Å². The van der Waals surface area contributed by atoms with E-state index in [9.17, 15) is 14.4 Å². The third kappa shape index (κ3) is 4.80. The Bertz CT molecular complexity index is 858. The molecule has 0 saturated carbocycles. The highest BCUT2D eigenvalue weighted by molar-refractivity contribution is 9.10. The van der Waals surface area contributed by atoms with Crippen molar-refractivity contribution in [2.24, 2.45) is 0 Å². The zero-order valence-electron chi connectivity index (χ0n) is 14.1. The fourth-order valence-electron chi connectivity index (χ4n) is 2.12. The number of hydrogen-bond acceptors (Lipinski definition) is 6. The van der Waals surface area contributed by atoms with Crippen LogP contribution in [0.25, 0.3) is 0 Å². The van der Waals surface area contributed by atoms with Crippen molar-refractivity contribution in [3.05, 3.63) is 75.9 Å². The van der Waals surface area contributed by atoms with E-state index < -0.39 is 11.9 Å². The van der Waals surface area contributed by atoms with Crippen LogP contribution in [0.15, 0.2) is 64.8 Å². The van der Waals surface area contributed by atoms with Crippen LogP contribution in [0.4, 0.5) is 5.69 Å². The topological polar surface area (TPSA) is 81.7 Å². The van der Waals surface area contributed by atoms with Gasteiger partial charge < -0.3 is 14.8 Å². The number of hydrogen-bond donors (Lipinski definition) is 1. The molecule has 0 aliphatic rings. The van der Waals surface area contributed by atoms with Gasteiger partial charge in [0, 0.05) is 21.3 Å². The summed E-state index contributed by atoms with van der Waals surface area (Å²) in [6, 6.07) is 13.6. The normalized spacial score (nSPS) is 10.8. The zero-order valence-corrected chi connectivity index (χ0v) is 15.7. The number of ether oxygens (including phenoxy) is 2. The zero-order chi connectivity index (χ0) is 19.1. The Kier molecular flexibility index (Phi) is 6.68. The minimum absolute atomic E-state index is 0.143. The quantitative estimate of drug-likeness (QED) is 0.441. The summed E-state index contributed by atoms with van der Waals surface area (Å²) in [5.74, 6) is -1.72. The highest BCUT2D eigenvalue weighted by Gasteiger charge is 2.18. The molecule has 0 unspecified atom stereocenters. The number of carbonyl (C=O) groups is 3. The first-order chi connectivity index (χ1) is 12.5. The largest absolute Gasteiger partial charge is 0.466 e. The molecule has 0 aliphatic carbocycles. The summed E-state index contributed by atoms with van der Waals surface area (Å²) in [6.07, 6.45) is 0.965. The molecule has 0 atom stereocenters. The average molecular weight is 418 g/mol. The van der Waals surface area contributed by atoms with Crippen molar-refractivity contribution in [2.45, 2.75) is 0 Å². The van der Waals surface area contributed by atoms with Crippen LogP contribution in [0.1, 0.15) is 15.9 Å². The van der Waals surface area contributed by atoms with E-state index in [4.69, 9.17) is 0 Å². The Balaban J connectivity index is 2.40. The average Bonchev–Trinajstić information content (AvgIpc) is 2.67. The van der Waals surface area contributed by atoms with Crippen LogP contribution in [0, 0.1) is 0 Å². The first kappa shape index (κ1) is 19.4. The third-order valence-electron chi connectivity index (χ3n) is 3.42. The molecule has 26 heavy (non-hydrogen) atoms. The van der Waals surface area contributed by atoms with Crippen molar-refractivity contribution in [3.63, 3.8) is 0 Å². The minimum atomic E-state index is -0.763. The van der Waals surface area contributed by atoms with Gasteiger partial charge in [-0.25, -0.2) is 9.59 Å². The number of ketones is 1. The maximum atomic E-state index is 12.8. The van der Waals surface area contributed by atoms with Crippen LogP contribution in [-0.4, -0.2) is 31.9 Å². The van der Waals surface area contributed by atoms with E-state index in [1.165, 1.54) is 14.2 Å². The van der Waals surface area contributed by atoms with Crippen molar-refractivity contribution in [1.29, 1.82) is 0 Å². The Morgan fingerprint density at radius 3 is 2.23 bits per heavy atom. The highest BCUT2D eigenvalue weighted by atomic mass is 79.9. The van der Waals surface area contributed by atoms with Gasteiger partial charge in [-0.15, -0.1) is 0 Å². The summed E-state index contributed by atoms with van der Waals surface area (Å²) in [7, 11) is 2.38. The molecule has 2 rings (SSSR count). The molecule has 2 aromatic carbocycles. The highest BCUT2D eigenvalue weighted by Crippen LogP contribution is 2.22. The summed E-state index contributed by atoms with van der Waals surface area (Å²) in [5, 5.41) is 2.78. The molecular formula is C19H16BrNO5. The first-order valence-corrected chi connectivity index (χ1v) is 8.30. The van der Waals surface area contributed by atoms with Gasteiger partial charge in [0.05, 0.1) is 20.3 Å². The number of benzene rings is 2. The van der Waals surface area contributed by atoms with Crippen LogP contribution in [0.2, 0.25) is 0 Å². The monoisotopic (exact) mass is 417 g/mol. The molecule has 0 saturated heterocycles. The van der Waals surface area contributed by atoms with Gasteiger partial charge in [0.1, 0.15) is 5.70 Å². The van der Waals surface area contributed by atoms with Gasteiger partial charge in [-0.05, 0) is 36.4 Å².